The molecule has 0 saturated heterocycles. The number of halogens is 4. The summed E-state index contributed by atoms with van der Waals surface area (Å²) in [4.78, 5) is 15.5. The summed E-state index contributed by atoms with van der Waals surface area (Å²) in [6.07, 6.45) is -4.37. The number of rotatable bonds is 4. The minimum atomic E-state index is -5.10. The molecule has 0 spiro atoms. The van der Waals surface area contributed by atoms with Crippen LogP contribution < -0.4 is 0 Å². The first-order valence-electron chi connectivity index (χ1n) is 6.17. The van der Waals surface area contributed by atoms with Crippen molar-refractivity contribution in [2.45, 2.75) is 6.18 Å². The SMILES string of the molecule is O=C(/C(C=Nc1ccc(Br)cc1)=C(/O)c1cccs1)C(F)(F)F. The van der Waals surface area contributed by atoms with Crippen LogP contribution >= 0.6 is 27.3 Å². The summed E-state index contributed by atoms with van der Waals surface area (Å²) in [7, 11) is 0. The third kappa shape index (κ3) is 4.52. The number of aliphatic imine (C=N–C) groups is 1. The van der Waals surface area contributed by atoms with E-state index in [0.29, 0.717) is 5.69 Å². The zero-order valence-corrected chi connectivity index (χ0v) is 13.7. The highest BCUT2D eigenvalue weighted by Crippen LogP contribution is 2.27. The molecule has 0 radical (unpaired) electrons. The van der Waals surface area contributed by atoms with Gasteiger partial charge in [-0.05, 0) is 35.7 Å². The van der Waals surface area contributed by atoms with E-state index in [4.69, 9.17) is 0 Å². The lowest BCUT2D eigenvalue weighted by Crippen LogP contribution is -2.26. The maximum atomic E-state index is 12.7. The summed E-state index contributed by atoms with van der Waals surface area (Å²) < 4.78 is 38.9. The van der Waals surface area contributed by atoms with Crippen LogP contribution in [0.1, 0.15) is 4.88 Å². The second kappa shape index (κ2) is 7.10. The maximum absolute atomic E-state index is 12.7. The third-order valence-electron chi connectivity index (χ3n) is 2.68. The molecule has 0 unspecified atom stereocenters. The van der Waals surface area contributed by atoms with Crippen LogP contribution in [0.15, 0.2) is 56.8 Å². The number of aliphatic hydroxyl groups excluding tert-OH is 1. The molecule has 1 aromatic heterocycles. The smallest absolute Gasteiger partial charge is 0.455 e. The van der Waals surface area contributed by atoms with Crippen LogP contribution in [0.25, 0.3) is 5.76 Å². The number of hydrogen-bond donors (Lipinski definition) is 1. The average Bonchev–Trinajstić information content (AvgIpc) is 3.02. The average molecular weight is 404 g/mol. The molecule has 3 nitrogen and oxygen atoms in total. The predicted molar refractivity (Wildman–Crippen MR) is 87.2 cm³/mol. The molecule has 0 aliphatic heterocycles. The molecule has 8 heteroatoms. The van der Waals surface area contributed by atoms with Gasteiger partial charge in [-0.3, -0.25) is 9.79 Å². The molecule has 0 amide bonds. The van der Waals surface area contributed by atoms with Gasteiger partial charge >= 0.3 is 6.18 Å². The number of benzene rings is 1. The molecule has 0 aliphatic rings. The number of ketones is 1. The second-order valence-corrected chi connectivity index (χ2v) is 6.16. The van der Waals surface area contributed by atoms with Crippen molar-refractivity contribution < 1.29 is 23.1 Å². The Morgan fingerprint density at radius 2 is 1.87 bits per heavy atom. The van der Waals surface area contributed by atoms with Crippen LogP contribution in [0.4, 0.5) is 18.9 Å². The minimum absolute atomic E-state index is 0.153. The number of allylic oxidation sites excluding steroid dienone is 1. The molecule has 0 fully saturated rings. The van der Waals surface area contributed by atoms with Gasteiger partial charge in [-0.1, -0.05) is 22.0 Å². The van der Waals surface area contributed by atoms with Gasteiger partial charge in [0.05, 0.1) is 16.1 Å². The highest BCUT2D eigenvalue weighted by molar-refractivity contribution is 9.10. The fourth-order valence-corrected chi connectivity index (χ4v) is 2.54. The monoisotopic (exact) mass is 403 g/mol. The zero-order valence-electron chi connectivity index (χ0n) is 11.3. The largest absolute Gasteiger partial charge is 0.506 e. The Bertz CT molecular complexity index is 750. The molecule has 120 valence electrons. The van der Waals surface area contributed by atoms with Crippen molar-refractivity contribution in [2.24, 2.45) is 4.99 Å². The number of aliphatic hydroxyl groups is 1. The van der Waals surface area contributed by atoms with Gasteiger partial charge in [0.2, 0.25) is 0 Å². The van der Waals surface area contributed by atoms with Crippen molar-refractivity contribution in [3.05, 3.63) is 56.7 Å². The standard InChI is InChI=1S/C15H9BrF3NO2S/c16-9-3-5-10(6-4-9)20-8-11(14(22)15(17,18)19)13(21)12-2-1-7-23-12/h1-8,21H/b13-11+,20-8?. The van der Waals surface area contributed by atoms with Gasteiger partial charge < -0.3 is 5.11 Å². The first-order chi connectivity index (χ1) is 10.8. The van der Waals surface area contributed by atoms with Crippen LogP contribution in [-0.2, 0) is 4.79 Å². The number of nitrogens with zero attached hydrogens (tertiary/aromatic N) is 1. The number of carbonyl (C=O) groups excluding carboxylic acids is 1. The molecule has 1 N–H and O–H groups in total. The van der Waals surface area contributed by atoms with E-state index in [1.165, 1.54) is 6.07 Å². The molecular weight excluding hydrogens is 395 g/mol. The van der Waals surface area contributed by atoms with Crippen molar-refractivity contribution in [2.75, 3.05) is 0 Å². The fourth-order valence-electron chi connectivity index (χ4n) is 1.59. The molecule has 0 bridgehead atoms. The first kappa shape index (κ1) is 17.4. The van der Waals surface area contributed by atoms with E-state index in [0.717, 1.165) is 22.0 Å². The normalized spacial score (nSPS) is 13.2. The molecular formula is C15H9BrF3NO2S. The van der Waals surface area contributed by atoms with Crippen LogP contribution in [0, 0.1) is 0 Å². The van der Waals surface area contributed by atoms with Gasteiger partial charge in [0, 0.05) is 10.7 Å². The lowest BCUT2D eigenvalue weighted by atomic mass is 10.1. The third-order valence-corrected chi connectivity index (χ3v) is 4.09. The van der Waals surface area contributed by atoms with E-state index in [1.807, 2.05) is 0 Å². The molecule has 0 atom stereocenters. The van der Waals surface area contributed by atoms with Crippen LogP contribution in [0.5, 0.6) is 0 Å². The van der Waals surface area contributed by atoms with Gasteiger partial charge in [0.1, 0.15) is 5.76 Å². The fraction of sp³-hybridized carbons (Fsp3) is 0.0667. The summed E-state index contributed by atoms with van der Waals surface area (Å²) in [5.41, 5.74) is -0.553. The lowest BCUT2D eigenvalue weighted by Gasteiger charge is -2.07. The maximum Gasteiger partial charge on any atom is 0.455 e. The number of thiophene rings is 1. The number of hydrogen-bond acceptors (Lipinski definition) is 4. The van der Waals surface area contributed by atoms with Crippen LogP contribution in [-0.4, -0.2) is 23.3 Å². The Morgan fingerprint density at radius 1 is 1.22 bits per heavy atom. The van der Waals surface area contributed by atoms with Crippen molar-refractivity contribution >= 4 is 50.7 Å². The molecule has 23 heavy (non-hydrogen) atoms. The highest BCUT2D eigenvalue weighted by Gasteiger charge is 2.41. The van der Waals surface area contributed by atoms with Crippen molar-refractivity contribution in [1.29, 1.82) is 0 Å². The van der Waals surface area contributed by atoms with Gasteiger partial charge in [-0.25, -0.2) is 0 Å². The number of Topliss-reactive ketones (excluding diaryl/α,β-unsaturated/α-hetero) is 1. The second-order valence-electron chi connectivity index (χ2n) is 4.30. The summed E-state index contributed by atoms with van der Waals surface area (Å²) in [6, 6.07) is 9.38. The predicted octanol–water partition coefficient (Wildman–Crippen LogP) is 5.31. The van der Waals surface area contributed by atoms with Gasteiger partial charge in [-0.2, -0.15) is 13.2 Å². The quantitative estimate of drug-likeness (QED) is 0.427. The Labute approximate surface area is 141 Å². The van der Waals surface area contributed by atoms with Crippen molar-refractivity contribution in [3.63, 3.8) is 0 Å². The minimum Gasteiger partial charge on any atom is -0.506 e. The summed E-state index contributed by atoms with van der Waals surface area (Å²) in [5, 5.41) is 11.6. The van der Waals surface area contributed by atoms with Crippen molar-refractivity contribution in [1.82, 2.24) is 0 Å². The van der Waals surface area contributed by atoms with E-state index in [1.54, 1.807) is 35.7 Å². The Kier molecular flexibility index (Phi) is 5.38. The van der Waals surface area contributed by atoms with Gasteiger partial charge in [0.15, 0.2) is 0 Å². The number of carbonyl (C=O) groups is 1. The summed E-state index contributed by atoms with van der Waals surface area (Å²) in [6.45, 7) is 0. The van der Waals surface area contributed by atoms with E-state index < -0.39 is 23.3 Å². The highest BCUT2D eigenvalue weighted by atomic mass is 79.9. The van der Waals surface area contributed by atoms with Gasteiger partial charge in [0.25, 0.3) is 5.78 Å². The summed E-state index contributed by atoms with van der Waals surface area (Å²) in [5.74, 6) is -2.90. The molecule has 1 heterocycles. The Morgan fingerprint density at radius 3 is 2.39 bits per heavy atom. The van der Waals surface area contributed by atoms with Crippen LogP contribution in [0.2, 0.25) is 0 Å². The molecule has 2 rings (SSSR count). The lowest BCUT2D eigenvalue weighted by molar-refractivity contribution is -0.165. The van der Waals surface area contributed by atoms with Crippen LogP contribution in [0.3, 0.4) is 0 Å². The molecule has 1 aromatic carbocycles. The first-order valence-corrected chi connectivity index (χ1v) is 7.84. The molecule has 0 aliphatic carbocycles. The van der Waals surface area contributed by atoms with E-state index >= 15 is 0 Å². The van der Waals surface area contributed by atoms with E-state index in [9.17, 15) is 23.1 Å². The van der Waals surface area contributed by atoms with Crippen molar-refractivity contribution in [3.8, 4) is 0 Å². The Hall–Kier alpha value is -1.93. The zero-order chi connectivity index (χ0) is 17.0. The van der Waals surface area contributed by atoms with Gasteiger partial charge in [-0.15, -0.1) is 11.3 Å². The summed E-state index contributed by atoms with van der Waals surface area (Å²) >= 11 is 4.24. The molecule has 2 aromatic rings. The van der Waals surface area contributed by atoms with E-state index in [2.05, 4.69) is 20.9 Å². The van der Waals surface area contributed by atoms with E-state index in [-0.39, 0.29) is 4.88 Å². The number of alkyl halides is 3. The topological polar surface area (TPSA) is 49.7 Å². The Balaban J connectivity index is 2.44. The molecule has 0 saturated carbocycles.